The fourth-order valence-corrected chi connectivity index (χ4v) is 3.32. The second-order valence-corrected chi connectivity index (χ2v) is 7.38. The second-order valence-electron chi connectivity index (χ2n) is 7.38. The Morgan fingerprint density at radius 3 is 2.11 bits per heavy atom. The minimum absolute atomic E-state index is 0.129. The smallest absolute Gasteiger partial charge is 0.225 e. The number of rotatable bonds is 15. The molecular weight excluding hydrogens is 452 g/mol. The molecule has 9 heteroatoms. The highest BCUT2D eigenvalue weighted by molar-refractivity contribution is 5.93. The second kappa shape index (κ2) is 14.9. The molecule has 0 heterocycles. The predicted octanol–water partition coefficient (Wildman–Crippen LogP) is 3.82. The number of carbonyl (C=O) groups is 1. The van der Waals surface area contributed by atoms with Crippen molar-refractivity contribution in [3.63, 3.8) is 0 Å². The Hall–Kier alpha value is -3.27. The molecule has 2 N–H and O–H groups in total. The van der Waals surface area contributed by atoms with Crippen molar-refractivity contribution in [3.05, 3.63) is 41.5 Å². The number of amides is 1. The lowest BCUT2D eigenvalue weighted by atomic mass is 10.1. The van der Waals surface area contributed by atoms with Gasteiger partial charge in [-0.15, -0.1) is 0 Å². The number of anilines is 1. The summed E-state index contributed by atoms with van der Waals surface area (Å²) in [5.74, 6) is 2.16. The molecule has 9 nitrogen and oxygen atoms in total. The minimum Gasteiger partial charge on any atom is -0.493 e. The van der Waals surface area contributed by atoms with E-state index in [9.17, 15) is 4.79 Å². The van der Waals surface area contributed by atoms with Crippen molar-refractivity contribution in [2.24, 2.45) is 0 Å². The van der Waals surface area contributed by atoms with Gasteiger partial charge in [-0.1, -0.05) is 18.2 Å². The summed E-state index contributed by atoms with van der Waals surface area (Å²) in [5, 5.41) is 6.08. The van der Waals surface area contributed by atoms with E-state index in [1.165, 1.54) is 0 Å². The van der Waals surface area contributed by atoms with Crippen LogP contribution in [0.1, 0.15) is 24.5 Å². The first kappa shape index (κ1) is 28.0. The normalized spacial score (nSPS) is 11.1. The number of nitrogens with one attached hydrogen (secondary N) is 2. The van der Waals surface area contributed by atoms with Crippen LogP contribution < -0.4 is 29.6 Å². The van der Waals surface area contributed by atoms with Gasteiger partial charge in [-0.25, -0.2) is 0 Å². The lowest BCUT2D eigenvalue weighted by Gasteiger charge is -2.15. The van der Waals surface area contributed by atoms with Crippen LogP contribution in [-0.4, -0.2) is 67.4 Å². The highest BCUT2D eigenvalue weighted by Crippen LogP contribution is 2.38. The summed E-state index contributed by atoms with van der Waals surface area (Å²) in [6.07, 6.45) is 3.80. The van der Waals surface area contributed by atoms with Gasteiger partial charge in [0, 0.05) is 33.7 Å². The van der Waals surface area contributed by atoms with E-state index >= 15 is 0 Å². The Balaban J connectivity index is 2.13. The summed E-state index contributed by atoms with van der Waals surface area (Å²) in [6.45, 7) is 3.36. The van der Waals surface area contributed by atoms with Crippen LogP contribution in [0.25, 0.3) is 12.2 Å². The molecule has 2 aromatic rings. The molecule has 0 fully saturated rings. The van der Waals surface area contributed by atoms with Gasteiger partial charge < -0.3 is 39.1 Å². The molecule has 2 rings (SSSR count). The van der Waals surface area contributed by atoms with Crippen LogP contribution >= 0.6 is 0 Å². The van der Waals surface area contributed by atoms with E-state index in [1.807, 2.05) is 49.4 Å². The van der Waals surface area contributed by atoms with Crippen LogP contribution in [0.4, 0.5) is 5.69 Å². The first-order valence-corrected chi connectivity index (χ1v) is 11.3. The number of hydrogen-bond acceptors (Lipinski definition) is 8. The molecule has 192 valence electrons. The monoisotopic (exact) mass is 488 g/mol. The molecule has 1 amide bonds. The van der Waals surface area contributed by atoms with E-state index in [-0.39, 0.29) is 18.6 Å². The summed E-state index contributed by atoms with van der Waals surface area (Å²) < 4.78 is 32.2. The molecule has 0 unspecified atom stereocenters. The highest BCUT2D eigenvalue weighted by atomic mass is 16.7. The topological polar surface area (TPSA) is 96.5 Å². The zero-order chi connectivity index (χ0) is 25.6. The molecule has 0 aliphatic heterocycles. The summed E-state index contributed by atoms with van der Waals surface area (Å²) in [6, 6.07) is 9.36. The summed E-state index contributed by atoms with van der Waals surface area (Å²) in [7, 11) is 7.86. The van der Waals surface area contributed by atoms with Gasteiger partial charge in [0.05, 0.1) is 33.6 Å². The van der Waals surface area contributed by atoms with Crippen LogP contribution in [0.3, 0.4) is 0 Å². The zero-order valence-electron chi connectivity index (χ0n) is 21.3. The maximum atomic E-state index is 12.5. The first-order valence-electron chi connectivity index (χ1n) is 11.3. The van der Waals surface area contributed by atoms with Crippen LogP contribution in [0.5, 0.6) is 23.0 Å². The Morgan fingerprint density at radius 2 is 1.54 bits per heavy atom. The van der Waals surface area contributed by atoms with Gasteiger partial charge in [0.25, 0.3) is 0 Å². The lowest BCUT2D eigenvalue weighted by molar-refractivity contribution is -0.116. The molecular formula is C26H36N2O7. The van der Waals surface area contributed by atoms with Crippen molar-refractivity contribution in [3.8, 4) is 23.0 Å². The molecule has 0 spiro atoms. The van der Waals surface area contributed by atoms with Gasteiger partial charge >= 0.3 is 0 Å². The van der Waals surface area contributed by atoms with Gasteiger partial charge in [0.1, 0.15) is 5.75 Å². The molecule has 0 atom stereocenters. The first-order chi connectivity index (χ1) is 17.0. The van der Waals surface area contributed by atoms with Gasteiger partial charge in [0.2, 0.25) is 11.7 Å². The Morgan fingerprint density at radius 1 is 0.886 bits per heavy atom. The number of methoxy groups -OCH3 is 5. The Kier molecular flexibility index (Phi) is 11.9. The van der Waals surface area contributed by atoms with Gasteiger partial charge in [-0.3, -0.25) is 4.79 Å². The van der Waals surface area contributed by atoms with E-state index < -0.39 is 0 Å². The van der Waals surface area contributed by atoms with Crippen LogP contribution in [-0.2, 0) is 14.3 Å². The van der Waals surface area contributed by atoms with Crippen LogP contribution in [0.15, 0.2) is 30.3 Å². The molecule has 2 aromatic carbocycles. The standard InChI is InChI=1S/C26H36N2O7/c1-7-35-21-11-10-18(8-9-19-15-22(30-2)26(34-6)23(16-19)31-3)14-20(21)28-24(29)12-13-27-17-25(32-4)33-5/h8-11,14-16,25,27H,7,12-13,17H2,1-6H3,(H,28,29)/b9-8-. The van der Waals surface area contributed by atoms with Crippen molar-refractivity contribution in [2.45, 2.75) is 19.6 Å². The van der Waals surface area contributed by atoms with Crippen molar-refractivity contribution < 1.29 is 33.2 Å². The van der Waals surface area contributed by atoms with Crippen LogP contribution in [0, 0.1) is 0 Å². The average Bonchev–Trinajstić information content (AvgIpc) is 2.88. The molecule has 0 aliphatic carbocycles. The largest absolute Gasteiger partial charge is 0.493 e. The Labute approximate surface area is 207 Å². The fourth-order valence-electron chi connectivity index (χ4n) is 3.32. The van der Waals surface area contributed by atoms with E-state index in [0.29, 0.717) is 48.4 Å². The quantitative estimate of drug-likeness (QED) is 0.222. The number of hydrogen-bond donors (Lipinski definition) is 2. The maximum Gasteiger partial charge on any atom is 0.225 e. The van der Waals surface area contributed by atoms with Crippen molar-refractivity contribution in [2.75, 3.05) is 60.6 Å². The molecule has 0 saturated carbocycles. The van der Waals surface area contributed by atoms with Crippen molar-refractivity contribution >= 4 is 23.7 Å². The molecule has 35 heavy (non-hydrogen) atoms. The maximum absolute atomic E-state index is 12.5. The third-order valence-corrected chi connectivity index (χ3v) is 5.10. The van der Waals surface area contributed by atoms with E-state index in [2.05, 4.69) is 10.6 Å². The Bertz CT molecular complexity index is 949. The predicted molar refractivity (Wildman–Crippen MR) is 137 cm³/mol. The molecule has 0 radical (unpaired) electrons. The molecule has 0 saturated heterocycles. The van der Waals surface area contributed by atoms with Crippen LogP contribution in [0.2, 0.25) is 0 Å². The van der Waals surface area contributed by atoms with Crippen molar-refractivity contribution in [1.82, 2.24) is 5.32 Å². The third-order valence-electron chi connectivity index (χ3n) is 5.10. The van der Waals surface area contributed by atoms with Crippen molar-refractivity contribution in [1.29, 1.82) is 0 Å². The number of benzene rings is 2. The SMILES string of the molecule is CCOc1ccc(/C=C\c2cc(OC)c(OC)c(OC)c2)cc1NC(=O)CCNCC(OC)OC. The van der Waals surface area contributed by atoms with Gasteiger partial charge in [-0.05, 0) is 42.3 Å². The lowest BCUT2D eigenvalue weighted by Crippen LogP contribution is -2.31. The third kappa shape index (κ3) is 8.47. The van der Waals surface area contributed by atoms with Gasteiger partial charge in [-0.2, -0.15) is 0 Å². The minimum atomic E-state index is -0.350. The van der Waals surface area contributed by atoms with E-state index in [4.69, 9.17) is 28.4 Å². The molecule has 0 aromatic heterocycles. The number of ether oxygens (including phenoxy) is 6. The zero-order valence-corrected chi connectivity index (χ0v) is 21.3. The van der Waals surface area contributed by atoms with E-state index in [0.717, 1.165) is 11.1 Å². The molecule has 0 bridgehead atoms. The van der Waals surface area contributed by atoms with Gasteiger partial charge in [0.15, 0.2) is 17.8 Å². The van der Waals surface area contributed by atoms with E-state index in [1.54, 1.807) is 35.5 Å². The summed E-state index contributed by atoms with van der Waals surface area (Å²) >= 11 is 0. The number of carbonyl (C=O) groups excluding carboxylic acids is 1. The summed E-state index contributed by atoms with van der Waals surface area (Å²) in [5.41, 5.74) is 2.37. The fraction of sp³-hybridized carbons (Fsp3) is 0.423. The summed E-state index contributed by atoms with van der Waals surface area (Å²) in [4.78, 5) is 12.5. The highest BCUT2D eigenvalue weighted by Gasteiger charge is 2.13. The average molecular weight is 489 g/mol. The molecule has 0 aliphatic rings.